The summed E-state index contributed by atoms with van der Waals surface area (Å²) in [6.07, 6.45) is 2.40. The third kappa shape index (κ3) is 6.08. The summed E-state index contributed by atoms with van der Waals surface area (Å²) >= 11 is 0. The minimum absolute atomic E-state index is 0.0304. The van der Waals surface area contributed by atoms with E-state index in [0.717, 1.165) is 5.56 Å². The van der Waals surface area contributed by atoms with Gasteiger partial charge in [-0.3, -0.25) is 9.59 Å². The monoisotopic (exact) mass is 490 g/mol. The molecule has 0 atom stereocenters. The van der Waals surface area contributed by atoms with Crippen LogP contribution < -0.4 is 15.4 Å². The molecular formula is C23H21F3N4O5. The van der Waals surface area contributed by atoms with Gasteiger partial charge >= 0.3 is 30.4 Å². The van der Waals surface area contributed by atoms with Crippen molar-refractivity contribution in [1.29, 1.82) is 0 Å². The number of nitrogens with zero attached hydrogens (tertiary/aromatic N) is 2. The third-order valence-corrected chi connectivity index (χ3v) is 5.74. The number of benzene rings is 2. The van der Waals surface area contributed by atoms with E-state index in [0.29, 0.717) is 31.4 Å². The van der Waals surface area contributed by atoms with Gasteiger partial charge in [-0.1, -0.05) is 11.2 Å². The lowest BCUT2D eigenvalue weighted by Gasteiger charge is -2.26. The molecule has 0 aliphatic heterocycles. The van der Waals surface area contributed by atoms with Crippen LogP contribution in [0.5, 0.6) is 5.75 Å². The molecule has 1 aliphatic rings. The van der Waals surface area contributed by atoms with Gasteiger partial charge in [-0.05, 0) is 73.6 Å². The molecule has 2 aromatic carbocycles. The summed E-state index contributed by atoms with van der Waals surface area (Å²) in [4.78, 5) is 23.5. The molecule has 9 nitrogen and oxygen atoms in total. The molecule has 0 saturated heterocycles. The van der Waals surface area contributed by atoms with Crippen molar-refractivity contribution in [2.75, 3.05) is 10.6 Å². The zero-order chi connectivity index (χ0) is 24.9. The average Bonchev–Trinajstić information content (AvgIpc) is 3.30. The van der Waals surface area contributed by atoms with Crippen molar-refractivity contribution in [2.45, 2.75) is 38.2 Å². The van der Waals surface area contributed by atoms with E-state index in [1.165, 1.54) is 36.4 Å². The van der Waals surface area contributed by atoms with Gasteiger partial charge in [-0.2, -0.15) is 8.78 Å². The number of rotatable bonds is 8. The maximum absolute atomic E-state index is 14.6. The number of hydrogen-bond donors (Lipinski definition) is 3. The number of hydrogen-bond acceptors (Lipinski definition) is 7. The Hall–Kier alpha value is -4.09. The summed E-state index contributed by atoms with van der Waals surface area (Å²) in [6.45, 7) is -2.94. The summed E-state index contributed by atoms with van der Waals surface area (Å²) in [5, 5.41) is 21.5. The van der Waals surface area contributed by atoms with Crippen LogP contribution in [0.3, 0.4) is 0 Å². The average molecular weight is 490 g/mol. The summed E-state index contributed by atoms with van der Waals surface area (Å²) < 4.78 is 48.6. The lowest BCUT2D eigenvalue weighted by Crippen LogP contribution is -2.20. The van der Waals surface area contributed by atoms with Crippen LogP contribution in [0.2, 0.25) is 0 Å². The van der Waals surface area contributed by atoms with Gasteiger partial charge in [0.05, 0.1) is 11.6 Å². The number of anilines is 3. The number of ether oxygens (including phenoxy) is 1. The Labute approximate surface area is 197 Å². The molecular weight excluding hydrogens is 469 g/mol. The Morgan fingerprint density at radius 3 is 2.40 bits per heavy atom. The van der Waals surface area contributed by atoms with E-state index >= 15 is 0 Å². The minimum Gasteiger partial charge on any atom is -0.481 e. The first-order valence-electron chi connectivity index (χ1n) is 10.8. The lowest BCUT2D eigenvalue weighted by molar-refractivity contribution is -0.142. The number of aliphatic carboxylic acids is 1. The molecule has 1 saturated carbocycles. The van der Waals surface area contributed by atoms with Gasteiger partial charge in [0.1, 0.15) is 11.6 Å². The lowest BCUT2D eigenvalue weighted by atomic mass is 9.79. The fourth-order valence-electron chi connectivity index (χ4n) is 3.94. The number of nitrogens with one attached hydrogen (secondary N) is 2. The van der Waals surface area contributed by atoms with E-state index in [1.54, 1.807) is 6.07 Å². The molecule has 1 fully saturated rings. The van der Waals surface area contributed by atoms with Gasteiger partial charge in [0, 0.05) is 5.69 Å². The highest BCUT2D eigenvalue weighted by Gasteiger charge is 2.27. The molecule has 0 unspecified atom stereocenters. The van der Waals surface area contributed by atoms with Gasteiger partial charge in [0.2, 0.25) is 0 Å². The number of carbonyl (C=O) groups excluding carboxylic acids is 1. The standard InChI is InChI=1S/C23H21F3N4O5/c24-17-11-14(12-1-3-13(4-2-12)21(32)33)5-10-18(17)28-19(31)20-29-30-23(35-20)27-15-6-8-16(9-7-15)34-22(25)26/h5-13,22H,1-4H2,(H,27,30)(H,28,31)(H,32,33). The molecule has 4 rings (SSSR count). The third-order valence-electron chi connectivity index (χ3n) is 5.74. The Balaban J connectivity index is 1.35. The maximum Gasteiger partial charge on any atom is 0.387 e. The SMILES string of the molecule is O=C(Nc1ccc(C2CCC(C(=O)O)CC2)cc1F)c1nnc(Nc2ccc(OC(F)F)cc2)o1. The first-order valence-corrected chi connectivity index (χ1v) is 10.8. The molecule has 1 aliphatic carbocycles. The number of carboxylic acid groups (broad SMARTS) is 1. The van der Waals surface area contributed by atoms with Crippen LogP contribution in [0.15, 0.2) is 46.9 Å². The van der Waals surface area contributed by atoms with Crippen molar-refractivity contribution >= 4 is 29.3 Å². The second-order valence-electron chi connectivity index (χ2n) is 8.02. The van der Waals surface area contributed by atoms with E-state index in [1.807, 2.05) is 0 Å². The van der Waals surface area contributed by atoms with Crippen LogP contribution in [0.25, 0.3) is 0 Å². The first kappa shape index (κ1) is 24.0. The Morgan fingerprint density at radius 1 is 1.06 bits per heavy atom. The van der Waals surface area contributed by atoms with E-state index in [4.69, 9.17) is 9.52 Å². The molecule has 0 radical (unpaired) electrons. The highest BCUT2D eigenvalue weighted by Crippen LogP contribution is 2.36. The Bertz CT molecular complexity index is 1190. The van der Waals surface area contributed by atoms with Gasteiger partial charge in [-0.25, -0.2) is 4.39 Å². The van der Waals surface area contributed by atoms with Crippen molar-refractivity contribution in [3.8, 4) is 5.75 Å². The van der Waals surface area contributed by atoms with Crippen LogP contribution in [0, 0.1) is 11.7 Å². The molecule has 12 heteroatoms. The maximum atomic E-state index is 14.6. The summed E-state index contributed by atoms with van der Waals surface area (Å²) in [5.41, 5.74) is 1.10. The number of amides is 1. The van der Waals surface area contributed by atoms with Gasteiger partial charge in [0.25, 0.3) is 0 Å². The van der Waals surface area contributed by atoms with Crippen LogP contribution in [0.4, 0.5) is 30.6 Å². The van der Waals surface area contributed by atoms with E-state index in [-0.39, 0.29) is 29.3 Å². The number of alkyl halides is 2. The molecule has 0 spiro atoms. The highest BCUT2D eigenvalue weighted by molar-refractivity contribution is 6.01. The molecule has 184 valence electrons. The highest BCUT2D eigenvalue weighted by atomic mass is 19.3. The predicted octanol–water partition coefficient (Wildman–Crippen LogP) is 5.16. The number of aromatic nitrogens is 2. The van der Waals surface area contributed by atoms with Crippen molar-refractivity contribution in [3.05, 3.63) is 59.7 Å². The van der Waals surface area contributed by atoms with Crippen LogP contribution in [-0.4, -0.2) is 33.8 Å². The largest absolute Gasteiger partial charge is 0.481 e. The number of halogens is 3. The zero-order valence-electron chi connectivity index (χ0n) is 18.2. The number of carboxylic acids is 1. The molecule has 1 heterocycles. The van der Waals surface area contributed by atoms with Crippen molar-refractivity contribution in [3.63, 3.8) is 0 Å². The van der Waals surface area contributed by atoms with E-state index in [9.17, 15) is 22.8 Å². The zero-order valence-corrected chi connectivity index (χ0v) is 18.2. The van der Waals surface area contributed by atoms with Gasteiger partial charge < -0.3 is 24.9 Å². The summed E-state index contributed by atoms with van der Waals surface area (Å²) in [7, 11) is 0. The van der Waals surface area contributed by atoms with Gasteiger partial charge in [-0.15, -0.1) is 5.10 Å². The Kier molecular flexibility index (Phi) is 7.18. The Morgan fingerprint density at radius 2 is 1.77 bits per heavy atom. The predicted molar refractivity (Wildman–Crippen MR) is 117 cm³/mol. The van der Waals surface area contributed by atoms with Gasteiger partial charge in [0.15, 0.2) is 0 Å². The van der Waals surface area contributed by atoms with Crippen molar-refractivity contribution < 1.29 is 37.0 Å². The van der Waals surface area contributed by atoms with E-state index in [2.05, 4.69) is 25.6 Å². The molecule has 3 aromatic rings. The normalized spacial score (nSPS) is 17.7. The minimum atomic E-state index is -2.94. The van der Waals surface area contributed by atoms with Crippen molar-refractivity contribution in [1.82, 2.24) is 10.2 Å². The van der Waals surface area contributed by atoms with Crippen LogP contribution in [0.1, 0.15) is 47.8 Å². The summed E-state index contributed by atoms with van der Waals surface area (Å²) in [6, 6.07) is 9.83. The smallest absolute Gasteiger partial charge is 0.387 e. The molecule has 1 aromatic heterocycles. The second-order valence-corrected chi connectivity index (χ2v) is 8.02. The van der Waals surface area contributed by atoms with Crippen LogP contribution in [-0.2, 0) is 4.79 Å². The fourth-order valence-corrected chi connectivity index (χ4v) is 3.94. The van der Waals surface area contributed by atoms with Crippen molar-refractivity contribution in [2.24, 2.45) is 5.92 Å². The first-order chi connectivity index (χ1) is 16.8. The fraction of sp³-hybridized carbons (Fsp3) is 0.304. The number of carbonyl (C=O) groups is 2. The second kappa shape index (κ2) is 10.5. The summed E-state index contributed by atoms with van der Waals surface area (Å²) in [5.74, 6) is -3.00. The molecule has 1 amide bonds. The topological polar surface area (TPSA) is 127 Å². The molecule has 0 bridgehead atoms. The quantitative estimate of drug-likeness (QED) is 0.395. The van der Waals surface area contributed by atoms with E-state index < -0.39 is 30.2 Å². The molecule has 3 N–H and O–H groups in total. The molecule has 35 heavy (non-hydrogen) atoms. The van der Waals surface area contributed by atoms with Crippen LogP contribution >= 0.6 is 0 Å².